The molecular formula is C25H26O5. The predicted molar refractivity (Wildman–Crippen MR) is 114 cm³/mol. The molecule has 0 aliphatic heterocycles. The number of hydrogen-bond acceptors (Lipinski definition) is 4. The predicted octanol–water partition coefficient (Wildman–Crippen LogP) is 3.58. The molecule has 30 heavy (non-hydrogen) atoms. The Hall–Kier alpha value is -2.99. The number of aliphatic carboxylic acids is 1. The van der Waals surface area contributed by atoms with Crippen molar-refractivity contribution in [2.45, 2.75) is 30.7 Å². The lowest BCUT2D eigenvalue weighted by Crippen LogP contribution is -2.36. The molecule has 5 heteroatoms. The van der Waals surface area contributed by atoms with Crippen LogP contribution >= 0.6 is 0 Å². The smallest absolute Gasteiger partial charge is 0.305 e. The van der Waals surface area contributed by atoms with Crippen LogP contribution < -0.4 is 0 Å². The highest BCUT2D eigenvalue weighted by Gasteiger charge is 2.38. The van der Waals surface area contributed by atoms with Crippen LogP contribution in [0.5, 0.6) is 0 Å². The van der Waals surface area contributed by atoms with Crippen LogP contribution in [0.1, 0.15) is 29.5 Å². The van der Waals surface area contributed by atoms with Crippen LogP contribution in [0.2, 0.25) is 0 Å². The summed E-state index contributed by atoms with van der Waals surface area (Å²) in [6, 6.07) is 29.3. The number of rotatable bonds is 10. The van der Waals surface area contributed by atoms with E-state index in [0.717, 1.165) is 16.7 Å². The van der Waals surface area contributed by atoms with Crippen molar-refractivity contribution in [1.29, 1.82) is 0 Å². The lowest BCUT2D eigenvalue weighted by Gasteiger charge is -2.36. The maximum atomic E-state index is 10.8. The summed E-state index contributed by atoms with van der Waals surface area (Å²) < 4.78 is 6.45. The number of ether oxygens (including phenoxy) is 1. The summed E-state index contributed by atoms with van der Waals surface area (Å²) in [5.41, 5.74) is 1.74. The number of aliphatic hydroxyl groups excluding tert-OH is 2. The lowest BCUT2D eigenvalue weighted by atomic mass is 9.80. The van der Waals surface area contributed by atoms with Crippen molar-refractivity contribution in [2.24, 2.45) is 0 Å². The first-order chi connectivity index (χ1) is 14.5. The van der Waals surface area contributed by atoms with Crippen molar-refractivity contribution in [3.05, 3.63) is 108 Å². The van der Waals surface area contributed by atoms with E-state index in [1.807, 2.05) is 91.0 Å². The molecule has 156 valence electrons. The highest BCUT2D eigenvalue weighted by molar-refractivity contribution is 5.67. The third-order valence-corrected chi connectivity index (χ3v) is 4.99. The molecule has 3 aromatic carbocycles. The summed E-state index contributed by atoms with van der Waals surface area (Å²) in [5, 5.41) is 29.2. The van der Waals surface area contributed by atoms with E-state index in [1.54, 1.807) is 0 Å². The van der Waals surface area contributed by atoms with Gasteiger partial charge in [-0.05, 0) is 16.7 Å². The molecule has 0 bridgehead atoms. The van der Waals surface area contributed by atoms with Gasteiger partial charge >= 0.3 is 5.97 Å². The first-order valence-corrected chi connectivity index (χ1v) is 9.91. The molecule has 2 unspecified atom stereocenters. The summed E-state index contributed by atoms with van der Waals surface area (Å²) in [7, 11) is 0. The monoisotopic (exact) mass is 406 g/mol. The topological polar surface area (TPSA) is 87.0 Å². The zero-order valence-electron chi connectivity index (χ0n) is 16.6. The van der Waals surface area contributed by atoms with Gasteiger partial charge in [0, 0.05) is 6.42 Å². The summed E-state index contributed by atoms with van der Waals surface area (Å²) in [6.45, 7) is -0.0740. The molecule has 2 atom stereocenters. The van der Waals surface area contributed by atoms with Crippen LogP contribution in [-0.2, 0) is 15.1 Å². The third-order valence-electron chi connectivity index (χ3n) is 4.99. The molecule has 0 aliphatic carbocycles. The van der Waals surface area contributed by atoms with Crippen LogP contribution in [0.15, 0.2) is 91.0 Å². The van der Waals surface area contributed by atoms with Crippen molar-refractivity contribution in [1.82, 2.24) is 0 Å². The Kier molecular flexibility index (Phi) is 7.36. The fourth-order valence-corrected chi connectivity index (χ4v) is 3.66. The van der Waals surface area contributed by atoms with Crippen LogP contribution in [0.3, 0.4) is 0 Å². The van der Waals surface area contributed by atoms with Gasteiger partial charge < -0.3 is 20.1 Å². The Labute approximate surface area is 176 Å². The first-order valence-electron chi connectivity index (χ1n) is 9.91. The molecule has 0 amide bonds. The number of aliphatic hydroxyl groups is 2. The Balaban J connectivity index is 1.98. The van der Waals surface area contributed by atoms with E-state index in [9.17, 15) is 15.0 Å². The van der Waals surface area contributed by atoms with Crippen molar-refractivity contribution in [2.75, 3.05) is 6.61 Å². The van der Waals surface area contributed by atoms with Crippen LogP contribution in [0, 0.1) is 0 Å². The van der Waals surface area contributed by atoms with E-state index in [4.69, 9.17) is 9.84 Å². The van der Waals surface area contributed by atoms with E-state index in [2.05, 4.69) is 0 Å². The van der Waals surface area contributed by atoms with Crippen LogP contribution in [0.4, 0.5) is 0 Å². The Morgan fingerprint density at radius 3 is 1.50 bits per heavy atom. The second-order valence-corrected chi connectivity index (χ2v) is 7.23. The third kappa shape index (κ3) is 5.13. The maximum Gasteiger partial charge on any atom is 0.305 e. The van der Waals surface area contributed by atoms with Gasteiger partial charge in [-0.3, -0.25) is 4.79 Å². The average molecular weight is 406 g/mol. The zero-order chi connectivity index (χ0) is 21.4. The SMILES string of the molecule is O=C(O)CC(O)CC(O)COC(c1ccccc1)(c1ccccc1)c1ccccc1. The molecule has 3 aromatic rings. The maximum absolute atomic E-state index is 10.8. The standard InChI is InChI=1S/C25H26O5/c26-22(17-24(28)29)16-23(27)18-30-25(19-10-4-1-5-11-19,20-12-6-2-7-13-20)21-14-8-3-9-15-21/h1-15,22-23,26-27H,16-18H2,(H,28,29). The number of hydrogen-bond donors (Lipinski definition) is 3. The molecular weight excluding hydrogens is 380 g/mol. The average Bonchev–Trinajstić information content (AvgIpc) is 2.76. The fraction of sp³-hybridized carbons (Fsp3) is 0.240. The molecule has 3 rings (SSSR count). The molecule has 0 fully saturated rings. The minimum atomic E-state index is -1.14. The molecule has 3 N–H and O–H groups in total. The number of carboxylic acids is 1. The van der Waals surface area contributed by atoms with Gasteiger partial charge in [-0.15, -0.1) is 0 Å². The Morgan fingerprint density at radius 1 is 0.733 bits per heavy atom. The zero-order valence-corrected chi connectivity index (χ0v) is 16.6. The second-order valence-electron chi connectivity index (χ2n) is 7.23. The van der Waals surface area contributed by atoms with Crippen molar-refractivity contribution >= 4 is 5.97 Å². The molecule has 0 radical (unpaired) electrons. The van der Waals surface area contributed by atoms with Crippen LogP contribution in [-0.4, -0.2) is 40.1 Å². The lowest BCUT2D eigenvalue weighted by molar-refractivity contribution is -0.139. The van der Waals surface area contributed by atoms with Gasteiger partial charge in [0.05, 0.1) is 25.2 Å². The highest BCUT2D eigenvalue weighted by atomic mass is 16.5. The van der Waals surface area contributed by atoms with E-state index in [-0.39, 0.29) is 13.0 Å². The molecule has 0 aliphatic rings. The highest BCUT2D eigenvalue weighted by Crippen LogP contribution is 2.40. The summed E-state index contributed by atoms with van der Waals surface area (Å²) in [6.07, 6.45) is -2.66. The van der Waals surface area contributed by atoms with Gasteiger partial charge in [0.2, 0.25) is 0 Å². The molecule has 5 nitrogen and oxygen atoms in total. The Bertz CT molecular complexity index is 815. The number of carbonyl (C=O) groups is 1. The molecule has 0 spiro atoms. The van der Waals surface area contributed by atoms with Crippen LogP contribution in [0.25, 0.3) is 0 Å². The summed E-state index contributed by atoms with van der Waals surface area (Å²) in [4.78, 5) is 10.8. The molecule has 0 heterocycles. The normalized spacial score (nSPS) is 13.5. The number of benzene rings is 3. The second kappa shape index (κ2) is 10.2. The quantitative estimate of drug-likeness (QED) is 0.448. The van der Waals surface area contributed by atoms with E-state index in [1.165, 1.54) is 0 Å². The van der Waals surface area contributed by atoms with E-state index in [0.29, 0.717) is 0 Å². The summed E-state index contributed by atoms with van der Waals surface area (Å²) in [5.74, 6) is -1.11. The minimum absolute atomic E-state index is 0.0740. The van der Waals surface area contributed by atoms with Gasteiger partial charge in [0.15, 0.2) is 0 Å². The van der Waals surface area contributed by atoms with Crippen molar-refractivity contribution < 1.29 is 24.9 Å². The van der Waals surface area contributed by atoms with Gasteiger partial charge in [-0.1, -0.05) is 91.0 Å². The molecule has 0 saturated carbocycles. The van der Waals surface area contributed by atoms with Crippen molar-refractivity contribution in [3.8, 4) is 0 Å². The first kappa shape index (κ1) is 21.7. The minimum Gasteiger partial charge on any atom is -0.481 e. The molecule has 0 saturated heterocycles. The van der Waals surface area contributed by atoms with Gasteiger partial charge in [-0.25, -0.2) is 0 Å². The largest absolute Gasteiger partial charge is 0.481 e. The fourth-order valence-electron chi connectivity index (χ4n) is 3.66. The van der Waals surface area contributed by atoms with E-state index < -0.39 is 30.2 Å². The number of carboxylic acid groups (broad SMARTS) is 1. The van der Waals surface area contributed by atoms with Gasteiger partial charge in [-0.2, -0.15) is 0 Å². The van der Waals surface area contributed by atoms with Crippen molar-refractivity contribution in [3.63, 3.8) is 0 Å². The Morgan fingerprint density at radius 2 is 1.13 bits per heavy atom. The molecule has 0 aromatic heterocycles. The van der Waals surface area contributed by atoms with Gasteiger partial charge in [0.25, 0.3) is 0 Å². The van der Waals surface area contributed by atoms with Gasteiger partial charge in [0.1, 0.15) is 5.60 Å². The van der Waals surface area contributed by atoms with E-state index >= 15 is 0 Å². The summed E-state index contributed by atoms with van der Waals surface area (Å²) >= 11 is 0.